The predicted octanol–water partition coefficient (Wildman–Crippen LogP) is 14.9. The minimum Gasteiger partial charge on any atom is -0.456 e. The van der Waals surface area contributed by atoms with Gasteiger partial charge in [0.05, 0.1) is 11.4 Å². The summed E-state index contributed by atoms with van der Waals surface area (Å²) in [5.74, 6) is 2.99. The Hall–Kier alpha value is -8.68. The van der Waals surface area contributed by atoms with Gasteiger partial charge in [-0.25, -0.2) is 9.98 Å². The molecule has 9 aromatic carbocycles. The average molecular weight is 825 g/mol. The normalized spacial score (nSPS) is 14.5. The first-order chi connectivity index (χ1) is 31.7. The van der Waals surface area contributed by atoms with Crippen LogP contribution in [0.5, 0.6) is 11.5 Å². The highest BCUT2D eigenvalue weighted by Crippen LogP contribution is 2.52. The number of nitrogens with one attached hydrogen (secondary N) is 1. The highest BCUT2D eigenvalue weighted by atomic mass is 16.5. The van der Waals surface area contributed by atoms with Gasteiger partial charge in [0.2, 0.25) is 0 Å². The monoisotopic (exact) mass is 824 g/mol. The largest absolute Gasteiger partial charge is 0.456 e. The van der Waals surface area contributed by atoms with E-state index in [0.29, 0.717) is 5.84 Å². The Morgan fingerprint density at radius 3 is 1.47 bits per heavy atom. The number of hydrogen-bond donors (Lipinski definition) is 1. The Bertz CT molecular complexity index is 3520. The summed E-state index contributed by atoms with van der Waals surface area (Å²) in [5, 5.41) is 7.98. The van der Waals surface area contributed by atoms with E-state index in [0.717, 1.165) is 117 Å². The minimum absolute atomic E-state index is 0.347. The van der Waals surface area contributed by atoms with E-state index in [-0.39, 0.29) is 6.17 Å². The number of anilines is 3. The first-order valence-corrected chi connectivity index (χ1v) is 21.4. The number of amidine groups is 2. The molecule has 0 spiro atoms. The topological polar surface area (TPSA) is 75.5 Å². The third-order valence-electron chi connectivity index (χ3n) is 12.3. The van der Waals surface area contributed by atoms with Crippen LogP contribution in [0.4, 0.5) is 17.1 Å². The molecule has 11 aromatic rings. The first kappa shape index (κ1) is 36.0. The Kier molecular flexibility index (Phi) is 8.14. The van der Waals surface area contributed by atoms with E-state index in [1.807, 2.05) is 60.7 Å². The summed E-state index contributed by atoms with van der Waals surface area (Å²) in [6.45, 7) is 0. The molecule has 0 saturated carbocycles. The highest BCUT2D eigenvalue weighted by Gasteiger charge is 2.28. The van der Waals surface area contributed by atoms with Crippen molar-refractivity contribution in [2.24, 2.45) is 9.98 Å². The van der Waals surface area contributed by atoms with Gasteiger partial charge in [-0.3, -0.25) is 0 Å². The van der Waals surface area contributed by atoms with Gasteiger partial charge in [-0.1, -0.05) is 133 Å². The van der Waals surface area contributed by atoms with Gasteiger partial charge in [0, 0.05) is 38.4 Å². The van der Waals surface area contributed by atoms with Crippen molar-refractivity contribution < 1.29 is 13.6 Å². The average Bonchev–Trinajstić information content (AvgIpc) is 3.93. The molecule has 2 aliphatic rings. The summed E-state index contributed by atoms with van der Waals surface area (Å²) < 4.78 is 19.3. The second kappa shape index (κ2) is 14.5. The summed E-state index contributed by atoms with van der Waals surface area (Å²) in [7, 11) is 0. The predicted molar refractivity (Wildman–Crippen MR) is 258 cm³/mol. The van der Waals surface area contributed by atoms with Crippen molar-refractivity contribution in [2.45, 2.75) is 6.17 Å². The van der Waals surface area contributed by atoms with Gasteiger partial charge in [0.15, 0.2) is 17.3 Å². The molecule has 0 radical (unpaired) electrons. The zero-order valence-corrected chi connectivity index (χ0v) is 34.3. The lowest BCUT2D eigenvalue weighted by Crippen LogP contribution is -2.33. The van der Waals surface area contributed by atoms with Crippen LogP contribution in [0.1, 0.15) is 22.9 Å². The van der Waals surface area contributed by atoms with Gasteiger partial charge in [-0.15, -0.1) is 0 Å². The smallest absolute Gasteiger partial charge is 0.159 e. The number of para-hydroxylation sites is 2. The van der Waals surface area contributed by atoms with E-state index in [1.165, 1.54) is 0 Å². The summed E-state index contributed by atoms with van der Waals surface area (Å²) in [6, 6.07) is 71.1. The molecule has 302 valence electrons. The number of fused-ring (bicyclic) bond motifs is 8. The molecule has 2 aliphatic heterocycles. The lowest BCUT2D eigenvalue weighted by Gasteiger charge is -2.33. The SMILES string of the molecule is c1ccc(C2=NC(c3ccc(N4c5ccc(-c6ccc7oc8ccccc8c7c6)cc5Oc5cc(-c6ccc7oc8ccccc8c7c6)ccc54)cc3)NC(c3ccccc3)=N2)cc1. The van der Waals surface area contributed by atoms with Crippen molar-refractivity contribution in [3.8, 4) is 33.8 Å². The van der Waals surface area contributed by atoms with E-state index in [1.54, 1.807) is 0 Å². The molecule has 7 heteroatoms. The van der Waals surface area contributed by atoms with Gasteiger partial charge < -0.3 is 23.8 Å². The molecule has 0 aliphatic carbocycles. The highest BCUT2D eigenvalue weighted by molar-refractivity contribution is 6.13. The van der Waals surface area contributed by atoms with E-state index < -0.39 is 0 Å². The second-order valence-corrected chi connectivity index (χ2v) is 16.2. The van der Waals surface area contributed by atoms with Crippen LogP contribution in [0.3, 0.4) is 0 Å². The standard InChI is InChI=1S/C57H36N4O3/c1-3-11-35(12-4-1)55-58-56(36-13-5-2-6-14-36)60-57(59-55)37-19-25-42(26-20-37)61-47-27-21-40(38-23-29-51-45(31-38)43-15-7-9-17-49(43)62-51)33-53(47)64-54-34-41(22-28-48(54)61)39-24-30-52-46(32-39)44-16-8-10-18-50(44)63-52/h1-34,57H,(H,58,59,60). The van der Waals surface area contributed by atoms with Crippen molar-refractivity contribution in [1.29, 1.82) is 0 Å². The van der Waals surface area contributed by atoms with Crippen LogP contribution in [0, 0.1) is 0 Å². The molecule has 13 rings (SSSR count). The number of furan rings is 2. The summed E-state index contributed by atoms with van der Waals surface area (Å²) >= 11 is 0. The molecule has 1 N–H and O–H groups in total. The number of benzene rings is 9. The second-order valence-electron chi connectivity index (χ2n) is 16.2. The molecular weight excluding hydrogens is 789 g/mol. The van der Waals surface area contributed by atoms with E-state index in [9.17, 15) is 0 Å². The van der Waals surface area contributed by atoms with Crippen LogP contribution in [0.2, 0.25) is 0 Å². The maximum atomic E-state index is 6.95. The first-order valence-electron chi connectivity index (χ1n) is 21.4. The molecular formula is C57H36N4O3. The summed E-state index contributed by atoms with van der Waals surface area (Å²) in [5.41, 5.74) is 13.6. The number of rotatable bonds is 6. The number of hydrogen-bond acceptors (Lipinski definition) is 7. The van der Waals surface area contributed by atoms with Crippen molar-refractivity contribution in [3.63, 3.8) is 0 Å². The van der Waals surface area contributed by atoms with Crippen LogP contribution in [-0.2, 0) is 0 Å². The lowest BCUT2D eigenvalue weighted by molar-refractivity contribution is 0.477. The fraction of sp³-hybridized carbons (Fsp3) is 0.0175. The quantitative estimate of drug-likeness (QED) is 0.181. The molecule has 7 nitrogen and oxygen atoms in total. The Morgan fingerprint density at radius 1 is 0.406 bits per heavy atom. The van der Waals surface area contributed by atoms with Crippen molar-refractivity contribution in [1.82, 2.24) is 5.32 Å². The Balaban J connectivity index is 0.908. The molecule has 0 bridgehead atoms. The maximum absolute atomic E-state index is 6.95. The molecule has 64 heavy (non-hydrogen) atoms. The Labute approximate surface area is 367 Å². The van der Waals surface area contributed by atoms with Gasteiger partial charge in [0.1, 0.15) is 34.3 Å². The molecule has 1 unspecified atom stereocenters. The maximum Gasteiger partial charge on any atom is 0.159 e. The van der Waals surface area contributed by atoms with E-state index in [4.69, 9.17) is 23.6 Å². The fourth-order valence-corrected chi connectivity index (χ4v) is 9.14. The number of ether oxygens (including phenoxy) is 1. The van der Waals surface area contributed by atoms with Crippen LogP contribution >= 0.6 is 0 Å². The van der Waals surface area contributed by atoms with Crippen molar-refractivity contribution in [3.05, 3.63) is 223 Å². The fourth-order valence-electron chi connectivity index (χ4n) is 9.14. The van der Waals surface area contributed by atoms with E-state index in [2.05, 4.69) is 156 Å². The molecule has 1 atom stereocenters. The third kappa shape index (κ3) is 6.05. The molecule has 4 heterocycles. The van der Waals surface area contributed by atoms with E-state index >= 15 is 0 Å². The van der Waals surface area contributed by atoms with Crippen LogP contribution < -0.4 is 15.0 Å². The molecule has 2 aromatic heterocycles. The summed E-state index contributed by atoms with van der Waals surface area (Å²) in [6.07, 6.45) is -0.347. The number of nitrogens with zero attached hydrogens (tertiary/aromatic N) is 3. The minimum atomic E-state index is -0.347. The van der Waals surface area contributed by atoms with Crippen molar-refractivity contribution >= 4 is 72.6 Å². The zero-order valence-electron chi connectivity index (χ0n) is 34.3. The van der Waals surface area contributed by atoms with Gasteiger partial charge in [-0.2, -0.15) is 0 Å². The van der Waals surface area contributed by atoms with Crippen molar-refractivity contribution in [2.75, 3.05) is 4.90 Å². The third-order valence-corrected chi connectivity index (χ3v) is 12.3. The molecule has 0 fully saturated rings. The molecule has 0 amide bonds. The lowest BCUT2D eigenvalue weighted by atomic mass is 9.99. The van der Waals surface area contributed by atoms with Gasteiger partial charge in [-0.05, 0) is 101 Å². The zero-order chi connectivity index (χ0) is 42.1. The van der Waals surface area contributed by atoms with Crippen LogP contribution in [0.15, 0.2) is 225 Å². The summed E-state index contributed by atoms with van der Waals surface area (Å²) in [4.78, 5) is 12.4. The van der Waals surface area contributed by atoms with Crippen LogP contribution in [-0.4, -0.2) is 11.7 Å². The van der Waals surface area contributed by atoms with Gasteiger partial charge >= 0.3 is 0 Å². The van der Waals surface area contributed by atoms with Gasteiger partial charge in [0.25, 0.3) is 0 Å². The van der Waals surface area contributed by atoms with Crippen LogP contribution in [0.25, 0.3) is 66.1 Å². The number of aliphatic imine (C=N–C) groups is 2. The molecule has 0 saturated heterocycles. The Morgan fingerprint density at radius 2 is 0.891 bits per heavy atom.